The van der Waals surface area contributed by atoms with Gasteiger partial charge >= 0.3 is 0 Å². The molecule has 0 aliphatic carbocycles. The highest BCUT2D eigenvalue weighted by Crippen LogP contribution is 2.13. The summed E-state index contributed by atoms with van der Waals surface area (Å²) in [7, 11) is 0. The fourth-order valence-electron chi connectivity index (χ4n) is 2.59. The fourth-order valence-corrected chi connectivity index (χ4v) is 2.59. The van der Waals surface area contributed by atoms with Crippen LogP contribution in [0, 0.1) is 0 Å². The average Bonchev–Trinajstić information content (AvgIpc) is 2.52. The number of nitrogens with one attached hydrogen (secondary N) is 1. The van der Waals surface area contributed by atoms with Gasteiger partial charge in [0.25, 0.3) is 0 Å². The van der Waals surface area contributed by atoms with Crippen LogP contribution in [-0.4, -0.2) is 43.8 Å². The minimum Gasteiger partial charge on any atom is -0.382 e. The van der Waals surface area contributed by atoms with E-state index in [-0.39, 0.29) is 0 Å². The third kappa shape index (κ3) is 4.80. The van der Waals surface area contributed by atoms with Gasteiger partial charge in [-0.3, -0.25) is 4.90 Å². The molecule has 1 N–H and O–H groups in total. The van der Waals surface area contributed by atoms with E-state index in [9.17, 15) is 0 Å². The number of rotatable bonds is 7. The minimum atomic E-state index is 0.309. The molecule has 1 heterocycles. The predicted octanol–water partition coefficient (Wildman–Crippen LogP) is 3.16. The normalized spacial score (nSPS) is 20.0. The van der Waals surface area contributed by atoms with Crippen LogP contribution in [-0.2, 0) is 11.2 Å². The van der Waals surface area contributed by atoms with E-state index >= 15 is 0 Å². The van der Waals surface area contributed by atoms with E-state index in [2.05, 4.69) is 48.3 Å². The van der Waals surface area contributed by atoms with Crippen molar-refractivity contribution >= 4 is 5.69 Å². The molecule has 1 unspecified atom stereocenters. The number of morpholine rings is 1. The van der Waals surface area contributed by atoms with Crippen molar-refractivity contribution in [3.63, 3.8) is 0 Å². The molecule has 0 spiro atoms. The minimum absolute atomic E-state index is 0.309. The van der Waals surface area contributed by atoms with Gasteiger partial charge in [-0.1, -0.05) is 32.4 Å². The van der Waals surface area contributed by atoms with Crippen molar-refractivity contribution in [2.45, 2.75) is 39.2 Å². The van der Waals surface area contributed by atoms with Crippen LogP contribution >= 0.6 is 0 Å². The second-order valence-corrected chi connectivity index (χ2v) is 5.57. The van der Waals surface area contributed by atoms with Crippen molar-refractivity contribution < 1.29 is 4.74 Å². The van der Waals surface area contributed by atoms with Crippen LogP contribution in [0.1, 0.15) is 32.3 Å². The molecule has 1 atom stereocenters. The molecule has 0 amide bonds. The number of unbranched alkanes of at least 4 members (excludes halogenated alkanes) is 1. The van der Waals surface area contributed by atoms with Gasteiger partial charge in [-0.25, -0.2) is 0 Å². The van der Waals surface area contributed by atoms with Crippen LogP contribution in [0.25, 0.3) is 0 Å². The van der Waals surface area contributed by atoms with E-state index in [1.807, 2.05) is 0 Å². The lowest BCUT2D eigenvalue weighted by Crippen LogP contribution is -2.45. The van der Waals surface area contributed by atoms with Crippen molar-refractivity contribution in [3.8, 4) is 0 Å². The molecule has 0 saturated carbocycles. The Balaban J connectivity index is 1.75. The molecule has 0 aromatic heterocycles. The van der Waals surface area contributed by atoms with Crippen LogP contribution in [0.4, 0.5) is 5.69 Å². The molecule has 1 aromatic rings. The highest BCUT2D eigenvalue weighted by Gasteiger charge is 2.18. The standard InChI is InChI=1S/C17H28N2O/c1-3-5-6-15-7-9-16(10-8-15)18-13-17-14-19(4-2)11-12-20-17/h7-10,17-18H,3-6,11-14H2,1-2H3. The average molecular weight is 276 g/mol. The number of aryl methyl sites for hydroxylation is 1. The quantitative estimate of drug-likeness (QED) is 0.828. The number of hydrogen-bond donors (Lipinski definition) is 1. The number of likely N-dealkylation sites (N-methyl/N-ethyl adjacent to an activating group) is 1. The Kier molecular flexibility index (Phi) is 6.34. The fraction of sp³-hybridized carbons (Fsp3) is 0.647. The summed E-state index contributed by atoms with van der Waals surface area (Å²) in [4.78, 5) is 2.45. The summed E-state index contributed by atoms with van der Waals surface area (Å²) in [5.74, 6) is 0. The second kappa shape index (κ2) is 8.28. The highest BCUT2D eigenvalue weighted by atomic mass is 16.5. The van der Waals surface area contributed by atoms with Crippen molar-refractivity contribution in [1.82, 2.24) is 4.90 Å². The van der Waals surface area contributed by atoms with Gasteiger partial charge in [0.05, 0.1) is 12.7 Å². The summed E-state index contributed by atoms with van der Waals surface area (Å²) in [6, 6.07) is 8.84. The first kappa shape index (κ1) is 15.3. The van der Waals surface area contributed by atoms with Crippen LogP contribution in [0.2, 0.25) is 0 Å². The SMILES string of the molecule is CCCCc1ccc(NCC2CN(CC)CCO2)cc1. The maximum absolute atomic E-state index is 5.80. The van der Waals surface area contributed by atoms with Gasteiger partial charge in [0.2, 0.25) is 0 Å². The summed E-state index contributed by atoms with van der Waals surface area (Å²) in [5.41, 5.74) is 2.63. The van der Waals surface area contributed by atoms with Crippen LogP contribution in [0.3, 0.4) is 0 Å². The Labute approximate surface area is 123 Å². The lowest BCUT2D eigenvalue weighted by Gasteiger charge is -2.32. The number of benzene rings is 1. The van der Waals surface area contributed by atoms with Crippen LogP contribution < -0.4 is 5.32 Å². The van der Waals surface area contributed by atoms with E-state index in [4.69, 9.17) is 4.74 Å². The van der Waals surface area contributed by atoms with Crippen molar-refractivity contribution in [3.05, 3.63) is 29.8 Å². The van der Waals surface area contributed by atoms with Crippen molar-refractivity contribution in [2.75, 3.05) is 38.1 Å². The Morgan fingerprint density at radius 2 is 2.05 bits per heavy atom. The first-order chi connectivity index (χ1) is 9.81. The summed E-state index contributed by atoms with van der Waals surface area (Å²) in [6.07, 6.45) is 4.03. The summed E-state index contributed by atoms with van der Waals surface area (Å²) in [5, 5.41) is 3.49. The second-order valence-electron chi connectivity index (χ2n) is 5.57. The van der Waals surface area contributed by atoms with Gasteiger partial charge in [-0.15, -0.1) is 0 Å². The van der Waals surface area contributed by atoms with E-state index < -0.39 is 0 Å². The lowest BCUT2D eigenvalue weighted by atomic mass is 10.1. The molecule has 1 aliphatic rings. The molecule has 1 fully saturated rings. The first-order valence-corrected chi connectivity index (χ1v) is 7.98. The predicted molar refractivity (Wildman–Crippen MR) is 85.4 cm³/mol. The highest BCUT2D eigenvalue weighted by molar-refractivity contribution is 5.44. The van der Waals surface area contributed by atoms with Gasteiger partial charge in [0.15, 0.2) is 0 Å². The van der Waals surface area contributed by atoms with Gasteiger partial charge in [0.1, 0.15) is 0 Å². The van der Waals surface area contributed by atoms with Crippen molar-refractivity contribution in [2.24, 2.45) is 0 Å². The smallest absolute Gasteiger partial charge is 0.0874 e. The molecular weight excluding hydrogens is 248 g/mol. The topological polar surface area (TPSA) is 24.5 Å². The summed E-state index contributed by atoms with van der Waals surface area (Å²) in [6.45, 7) is 9.43. The molecule has 3 nitrogen and oxygen atoms in total. The molecular formula is C17H28N2O. The van der Waals surface area contributed by atoms with Gasteiger partial charge < -0.3 is 10.1 Å². The molecule has 0 radical (unpaired) electrons. The maximum atomic E-state index is 5.80. The maximum Gasteiger partial charge on any atom is 0.0874 e. The van der Waals surface area contributed by atoms with E-state index in [1.54, 1.807) is 0 Å². The molecule has 1 aliphatic heterocycles. The number of ether oxygens (including phenoxy) is 1. The van der Waals surface area contributed by atoms with Crippen LogP contribution in [0.5, 0.6) is 0 Å². The number of hydrogen-bond acceptors (Lipinski definition) is 3. The molecule has 0 bridgehead atoms. The van der Waals surface area contributed by atoms with E-state index in [1.165, 1.54) is 30.5 Å². The summed E-state index contributed by atoms with van der Waals surface area (Å²) < 4.78 is 5.80. The largest absolute Gasteiger partial charge is 0.382 e. The Bertz CT molecular complexity index is 377. The van der Waals surface area contributed by atoms with E-state index in [0.29, 0.717) is 6.10 Å². The first-order valence-electron chi connectivity index (χ1n) is 7.98. The molecule has 2 rings (SSSR count). The van der Waals surface area contributed by atoms with Crippen molar-refractivity contribution in [1.29, 1.82) is 0 Å². The molecule has 1 aromatic carbocycles. The van der Waals surface area contributed by atoms with E-state index in [0.717, 1.165) is 32.8 Å². The lowest BCUT2D eigenvalue weighted by molar-refractivity contribution is -0.0191. The number of nitrogens with zero attached hydrogens (tertiary/aromatic N) is 1. The summed E-state index contributed by atoms with van der Waals surface area (Å²) >= 11 is 0. The van der Waals surface area contributed by atoms with Crippen LogP contribution in [0.15, 0.2) is 24.3 Å². The van der Waals surface area contributed by atoms with Gasteiger partial charge in [0, 0.05) is 25.3 Å². The molecule has 3 heteroatoms. The van der Waals surface area contributed by atoms with Gasteiger partial charge in [-0.05, 0) is 37.1 Å². The Morgan fingerprint density at radius 3 is 2.75 bits per heavy atom. The zero-order valence-electron chi connectivity index (χ0n) is 12.9. The third-order valence-corrected chi connectivity index (χ3v) is 3.98. The number of anilines is 1. The third-order valence-electron chi connectivity index (χ3n) is 3.98. The monoisotopic (exact) mass is 276 g/mol. The zero-order chi connectivity index (χ0) is 14.2. The Morgan fingerprint density at radius 1 is 1.25 bits per heavy atom. The zero-order valence-corrected chi connectivity index (χ0v) is 12.9. The Hall–Kier alpha value is -1.06. The van der Waals surface area contributed by atoms with Gasteiger partial charge in [-0.2, -0.15) is 0 Å². The molecule has 112 valence electrons. The molecule has 20 heavy (non-hydrogen) atoms. The molecule has 1 saturated heterocycles.